The van der Waals surface area contributed by atoms with E-state index in [0.29, 0.717) is 42.3 Å². The SMILES string of the molecule is CNCCN(C=N)c1ccc(-n2c(C)nc(C)cc2=O)cc1F.O=CCO. The minimum absolute atomic E-state index is 0.249. The van der Waals surface area contributed by atoms with Crippen LogP contribution < -0.4 is 15.8 Å². The highest BCUT2D eigenvalue weighted by molar-refractivity contribution is 5.77. The van der Waals surface area contributed by atoms with Crippen LogP contribution in [0.25, 0.3) is 5.69 Å². The molecular formula is C18H24FN5O3. The molecular weight excluding hydrogens is 353 g/mol. The third kappa shape index (κ3) is 6.08. The first-order valence-corrected chi connectivity index (χ1v) is 8.23. The molecule has 2 aromatic rings. The van der Waals surface area contributed by atoms with Gasteiger partial charge in [-0.1, -0.05) is 0 Å². The van der Waals surface area contributed by atoms with E-state index in [-0.39, 0.29) is 12.2 Å². The first-order valence-electron chi connectivity index (χ1n) is 8.23. The number of aldehydes is 1. The van der Waals surface area contributed by atoms with Gasteiger partial charge in [0.2, 0.25) is 0 Å². The van der Waals surface area contributed by atoms with Gasteiger partial charge in [-0.15, -0.1) is 0 Å². The summed E-state index contributed by atoms with van der Waals surface area (Å²) in [6.07, 6.45) is 1.51. The highest BCUT2D eigenvalue weighted by atomic mass is 19.1. The van der Waals surface area contributed by atoms with E-state index in [1.165, 1.54) is 21.6 Å². The van der Waals surface area contributed by atoms with Gasteiger partial charge in [-0.2, -0.15) is 0 Å². The number of hydrogen-bond donors (Lipinski definition) is 3. The zero-order valence-electron chi connectivity index (χ0n) is 15.6. The largest absolute Gasteiger partial charge is 0.389 e. The lowest BCUT2D eigenvalue weighted by molar-refractivity contribution is -0.110. The van der Waals surface area contributed by atoms with Crippen LogP contribution in [0.15, 0.2) is 29.1 Å². The van der Waals surface area contributed by atoms with E-state index in [2.05, 4.69) is 10.3 Å². The number of hydrogen-bond acceptors (Lipinski definition) is 6. The van der Waals surface area contributed by atoms with Crippen LogP contribution in [0.5, 0.6) is 0 Å². The summed E-state index contributed by atoms with van der Waals surface area (Å²) in [6, 6.07) is 5.92. The monoisotopic (exact) mass is 377 g/mol. The molecule has 0 unspecified atom stereocenters. The Morgan fingerprint density at radius 2 is 2.04 bits per heavy atom. The zero-order valence-corrected chi connectivity index (χ0v) is 15.6. The number of aromatic nitrogens is 2. The van der Waals surface area contributed by atoms with E-state index >= 15 is 0 Å². The second-order valence-electron chi connectivity index (χ2n) is 5.53. The molecule has 0 radical (unpaired) electrons. The van der Waals surface area contributed by atoms with Crippen LogP contribution in [-0.2, 0) is 4.79 Å². The number of anilines is 1. The Hall–Kier alpha value is -2.91. The summed E-state index contributed by atoms with van der Waals surface area (Å²) in [6.45, 7) is 4.18. The van der Waals surface area contributed by atoms with Crippen molar-refractivity contribution in [3.63, 3.8) is 0 Å². The Labute approximate surface area is 156 Å². The summed E-state index contributed by atoms with van der Waals surface area (Å²) in [5.74, 6) is 0.00946. The normalized spacial score (nSPS) is 9.96. The number of benzene rings is 1. The average molecular weight is 377 g/mol. The molecule has 0 aliphatic rings. The van der Waals surface area contributed by atoms with Crippen molar-refractivity contribution < 1.29 is 14.3 Å². The van der Waals surface area contributed by atoms with Crippen molar-refractivity contribution in [1.82, 2.24) is 14.9 Å². The van der Waals surface area contributed by atoms with Gasteiger partial charge in [0.05, 0.1) is 24.3 Å². The van der Waals surface area contributed by atoms with Gasteiger partial charge in [-0.3, -0.25) is 14.8 Å². The molecule has 146 valence electrons. The number of rotatable bonds is 7. The number of carbonyl (C=O) groups excluding carboxylic acids is 1. The average Bonchev–Trinajstić information content (AvgIpc) is 2.63. The van der Waals surface area contributed by atoms with Crippen molar-refractivity contribution in [2.24, 2.45) is 0 Å². The zero-order chi connectivity index (χ0) is 20.4. The fraction of sp³-hybridized carbons (Fsp3) is 0.333. The summed E-state index contributed by atoms with van der Waals surface area (Å²) < 4.78 is 15.8. The number of nitrogens with zero attached hydrogens (tertiary/aromatic N) is 3. The third-order valence-electron chi connectivity index (χ3n) is 3.55. The Balaban J connectivity index is 0.000000828. The van der Waals surface area contributed by atoms with E-state index in [0.717, 1.165) is 6.34 Å². The molecule has 1 aromatic heterocycles. The summed E-state index contributed by atoms with van der Waals surface area (Å²) in [5, 5.41) is 17.9. The smallest absolute Gasteiger partial charge is 0.258 e. The van der Waals surface area contributed by atoms with Crippen LogP contribution >= 0.6 is 0 Å². The molecule has 1 heterocycles. The third-order valence-corrected chi connectivity index (χ3v) is 3.55. The lowest BCUT2D eigenvalue weighted by Gasteiger charge is -2.20. The number of aliphatic hydroxyl groups excluding tert-OH is 1. The molecule has 0 aliphatic heterocycles. The second-order valence-corrected chi connectivity index (χ2v) is 5.53. The van der Waals surface area contributed by atoms with Gasteiger partial charge in [-0.05, 0) is 33.0 Å². The maximum atomic E-state index is 14.4. The molecule has 1 aromatic carbocycles. The van der Waals surface area contributed by atoms with Crippen molar-refractivity contribution >= 4 is 18.3 Å². The Morgan fingerprint density at radius 3 is 2.52 bits per heavy atom. The first kappa shape index (κ1) is 22.1. The maximum Gasteiger partial charge on any atom is 0.258 e. The van der Waals surface area contributed by atoms with Crippen molar-refractivity contribution in [1.29, 1.82) is 5.41 Å². The standard InChI is InChI=1S/C16H20FN5O.C2H4O2/c1-11-8-16(23)22(12(2)20-11)13-4-5-15(14(17)9-13)21(10-18)7-6-19-3;3-1-2-4/h4-5,8-10,18-19H,6-7H2,1-3H3;1,4H,2H2. The molecule has 2 rings (SSSR count). The van der Waals surface area contributed by atoms with E-state index in [1.54, 1.807) is 33.0 Å². The van der Waals surface area contributed by atoms with Crippen LogP contribution in [-0.4, -0.2) is 54.0 Å². The minimum atomic E-state index is -0.492. The van der Waals surface area contributed by atoms with E-state index < -0.39 is 5.82 Å². The van der Waals surface area contributed by atoms with Crippen LogP contribution in [0.3, 0.4) is 0 Å². The van der Waals surface area contributed by atoms with Crippen LogP contribution in [0, 0.1) is 25.1 Å². The van der Waals surface area contributed by atoms with Crippen LogP contribution in [0.1, 0.15) is 11.5 Å². The number of nitrogens with one attached hydrogen (secondary N) is 2. The minimum Gasteiger partial charge on any atom is -0.389 e. The quantitative estimate of drug-likeness (QED) is 0.374. The predicted molar refractivity (Wildman–Crippen MR) is 102 cm³/mol. The molecule has 27 heavy (non-hydrogen) atoms. The van der Waals surface area contributed by atoms with Gasteiger partial charge in [-0.25, -0.2) is 9.37 Å². The second kappa shape index (κ2) is 10.9. The molecule has 9 heteroatoms. The summed E-state index contributed by atoms with van der Waals surface area (Å²) in [7, 11) is 1.79. The lowest BCUT2D eigenvalue weighted by atomic mass is 10.2. The molecule has 0 bridgehead atoms. The van der Waals surface area contributed by atoms with E-state index in [1.807, 2.05) is 0 Å². The maximum absolute atomic E-state index is 14.4. The molecule has 0 fully saturated rings. The molecule has 3 N–H and O–H groups in total. The Bertz CT molecular complexity index is 838. The van der Waals surface area contributed by atoms with Gasteiger partial charge in [0.25, 0.3) is 5.56 Å². The topological polar surface area (TPSA) is 111 Å². The predicted octanol–water partition coefficient (Wildman–Crippen LogP) is 0.799. The summed E-state index contributed by atoms with van der Waals surface area (Å²) in [5.41, 5.74) is 1.09. The number of aliphatic hydroxyl groups is 1. The van der Waals surface area contributed by atoms with Crippen molar-refractivity contribution in [2.45, 2.75) is 13.8 Å². The van der Waals surface area contributed by atoms with Crippen molar-refractivity contribution in [3.8, 4) is 5.69 Å². The number of likely N-dealkylation sites (N-methyl/N-ethyl adjacent to an activating group) is 1. The Morgan fingerprint density at radius 1 is 1.37 bits per heavy atom. The summed E-state index contributed by atoms with van der Waals surface area (Å²) >= 11 is 0. The van der Waals surface area contributed by atoms with E-state index in [4.69, 9.17) is 15.3 Å². The van der Waals surface area contributed by atoms with Crippen molar-refractivity contribution in [2.75, 3.05) is 31.6 Å². The molecule has 0 saturated carbocycles. The number of aryl methyl sites for hydroxylation is 2. The van der Waals surface area contributed by atoms with Crippen LogP contribution in [0.2, 0.25) is 0 Å². The van der Waals surface area contributed by atoms with Gasteiger partial charge in [0, 0.05) is 30.9 Å². The molecule has 0 spiro atoms. The fourth-order valence-corrected chi connectivity index (χ4v) is 2.41. The molecule has 0 atom stereocenters. The first-order chi connectivity index (χ1) is 12.9. The molecule has 8 nitrogen and oxygen atoms in total. The lowest BCUT2D eigenvalue weighted by Crippen LogP contribution is -2.30. The number of halogens is 1. The van der Waals surface area contributed by atoms with Gasteiger partial charge < -0.3 is 20.1 Å². The summed E-state index contributed by atoms with van der Waals surface area (Å²) in [4.78, 5) is 26.8. The highest BCUT2D eigenvalue weighted by Gasteiger charge is 2.12. The molecule has 0 amide bonds. The highest BCUT2D eigenvalue weighted by Crippen LogP contribution is 2.21. The van der Waals surface area contributed by atoms with Crippen molar-refractivity contribution in [3.05, 3.63) is 52.0 Å². The van der Waals surface area contributed by atoms with Gasteiger partial charge in [0.15, 0.2) is 0 Å². The van der Waals surface area contributed by atoms with Crippen LogP contribution in [0.4, 0.5) is 10.1 Å². The molecule has 0 aliphatic carbocycles. The van der Waals surface area contributed by atoms with Gasteiger partial charge >= 0.3 is 0 Å². The van der Waals surface area contributed by atoms with E-state index in [9.17, 15) is 9.18 Å². The fourth-order valence-electron chi connectivity index (χ4n) is 2.41. The molecule has 0 saturated heterocycles. The number of carbonyl (C=O) groups is 1. The van der Waals surface area contributed by atoms with Gasteiger partial charge in [0.1, 0.15) is 17.9 Å². The Kier molecular flexibility index (Phi) is 8.97.